The number of aromatic nitrogens is 2. The number of nitrogens with zero attached hydrogens (tertiary/aromatic N) is 4. The summed E-state index contributed by atoms with van der Waals surface area (Å²) in [6, 6.07) is 6.09. The maximum atomic E-state index is 11.2. The molecule has 0 saturated carbocycles. The van der Waals surface area contributed by atoms with Gasteiger partial charge in [0.05, 0.1) is 12.2 Å². The van der Waals surface area contributed by atoms with E-state index in [9.17, 15) is 4.79 Å². The molecule has 1 unspecified atom stereocenters. The van der Waals surface area contributed by atoms with Crippen LogP contribution in [0.15, 0.2) is 29.4 Å². The number of amides is 1. The van der Waals surface area contributed by atoms with E-state index in [2.05, 4.69) is 43.8 Å². The fourth-order valence-corrected chi connectivity index (χ4v) is 3.49. The van der Waals surface area contributed by atoms with Gasteiger partial charge in [-0.15, -0.1) is 0 Å². The zero-order valence-electron chi connectivity index (χ0n) is 14.9. The van der Waals surface area contributed by atoms with Crippen molar-refractivity contribution >= 4 is 17.5 Å². The molecule has 1 aliphatic rings. The molecule has 1 aliphatic heterocycles. The molecule has 2 aromatic heterocycles. The Hall–Kier alpha value is -2.57. The Kier molecular flexibility index (Phi) is 5.21. The highest BCUT2D eigenvalue weighted by Gasteiger charge is 2.23. The second-order valence-electron chi connectivity index (χ2n) is 6.65. The van der Waals surface area contributed by atoms with Crippen LogP contribution in [0.2, 0.25) is 0 Å². The summed E-state index contributed by atoms with van der Waals surface area (Å²) < 4.78 is 2.09. The summed E-state index contributed by atoms with van der Waals surface area (Å²) in [5.74, 6) is 0.931. The van der Waals surface area contributed by atoms with E-state index in [0.29, 0.717) is 18.9 Å². The number of primary amides is 1. The average molecular weight is 342 g/mol. The summed E-state index contributed by atoms with van der Waals surface area (Å²) in [6.07, 6.45) is 4.59. The van der Waals surface area contributed by atoms with Gasteiger partial charge < -0.3 is 20.4 Å². The number of imidazole rings is 1. The maximum absolute atomic E-state index is 11.2. The van der Waals surface area contributed by atoms with Crippen LogP contribution in [0.4, 0.5) is 0 Å². The summed E-state index contributed by atoms with van der Waals surface area (Å²) in [4.78, 5) is 22.4. The van der Waals surface area contributed by atoms with Gasteiger partial charge >= 0.3 is 0 Å². The van der Waals surface area contributed by atoms with Crippen LogP contribution in [0.25, 0.3) is 5.65 Å². The highest BCUT2D eigenvalue weighted by atomic mass is 16.1. The number of hydrogen-bond donors (Lipinski definition) is 2. The normalized spacial score (nSPS) is 18.6. The van der Waals surface area contributed by atoms with Crippen molar-refractivity contribution in [1.29, 1.82) is 0 Å². The molecular formula is C18H26N6O. The molecule has 1 fully saturated rings. The molecule has 0 bridgehead atoms. The molecule has 3 N–H and O–H groups in total. The van der Waals surface area contributed by atoms with E-state index in [-0.39, 0.29) is 5.91 Å². The number of pyridine rings is 1. The zero-order valence-corrected chi connectivity index (χ0v) is 14.9. The molecule has 1 atom stereocenters. The molecule has 0 aliphatic carbocycles. The fourth-order valence-electron chi connectivity index (χ4n) is 3.49. The van der Waals surface area contributed by atoms with E-state index in [1.165, 1.54) is 0 Å². The third kappa shape index (κ3) is 4.10. The SMILES string of the molecule is CN=C(NCc1cn2c(C)cccc2n1)N1CCCC(CC(N)=O)C1. The van der Waals surface area contributed by atoms with Gasteiger partial charge in [-0.05, 0) is 37.8 Å². The standard InChI is InChI=1S/C18H26N6O/c1-13-5-3-7-17-22-15(12-24(13)17)10-21-18(20-2)23-8-4-6-14(11-23)9-16(19)25/h3,5,7,12,14H,4,6,8-11H2,1-2H3,(H2,19,25)(H,20,21). The number of likely N-dealkylation sites (tertiary alicyclic amines) is 1. The zero-order chi connectivity index (χ0) is 17.8. The number of fused-ring (bicyclic) bond motifs is 1. The molecule has 0 aromatic carbocycles. The Balaban J connectivity index is 1.63. The number of hydrogen-bond acceptors (Lipinski definition) is 3. The first-order chi connectivity index (χ1) is 12.1. The lowest BCUT2D eigenvalue weighted by molar-refractivity contribution is -0.119. The highest BCUT2D eigenvalue weighted by molar-refractivity contribution is 5.80. The molecule has 0 spiro atoms. The van der Waals surface area contributed by atoms with Crippen molar-refractivity contribution < 1.29 is 4.79 Å². The smallest absolute Gasteiger partial charge is 0.217 e. The average Bonchev–Trinajstić information content (AvgIpc) is 3.00. The van der Waals surface area contributed by atoms with Crippen LogP contribution >= 0.6 is 0 Å². The molecule has 1 saturated heterocycles. The van der Waals surface area contributed by atoms with Gasteiger partial charge in [-0.1, -0.05) is 6.07 Å². The van der Waals surface area contributed by atoms with E-state index in [0.717, 1.165) is 48.9 Å². The molecule has 3 rings (SSSR count). The number of rotatable bonds is 4. The Morgan fingerprint density at radius 3 is 3.04 bits per heavy atom. The van der Waals surface area contributed by atoms with Crippen LogP contribution in [0.1, 0.15) is 30.7 Å². The third-order valence-corrected chi connectivity index (χ3v) is 4.69. The van der Waals surface area contributed by atoms with Gasteiger partial charge in [-0.2, -0.15) is 0 Å². The predicted octanol–water partition coefficient (Wildman–Crippen LogP) is 1.31. The molecule has 3 heterocycles. The van der Waals surface area contributed by atoms with Crippen LogP contribution in [-0.4, -0.2) is 46.3 Å². The molecule has 2 aromatic rings. The van der Waals surface area contributed by atoms with Crippen molar-refractivity contribution in [2.24, 2.45) is 16.6 Å². The minimum absolute atomic E-state index is 0.227. The molecule has 0 radical (unpaired) electrons. The van der Waals surface area contributed by atoms with Gasteiger partial charge in [0.25, 0.3) is 0 Å². The summed E-state index contributed by atoms with van der Waals surface area (Å²) in [5.41, 5.74) is 8.43. The number of nitrogens with one attached hydrogen (secondary N) is 1. The minimum atomic E-state index is -0.227. The van der Waals surface area contributed by atoms with Crippen molar-refractivity contribution in [2.75, 3.05) is 20.1 Å². The quantitative estimate of drug-likeness (QED) is 0.648. The first kappa shape index (κ1) is 17.3. The molecule has 7 nitrogen and oxygen atoms in total. The number of guanidine groups is 1. The van der Waals surface area contributed by atoms with Gasteiger partial charge in [-0.25, -0.2) is 4.98 Å². The van der Waals surface area contributed by atoms with Crippen LogP contribution in [0.3, 0.4) is 0 Å². The van der Waals surface area contributed by atoms with Gasteiger partial charge in [0, 0.05) is 38.4 Å². The maximum Gasteiger partial charge on any atom is 0.217 e. The topological polar surface area (TPSA) is 88.0 Å². The molecular weight excluding hydrogens is 316 g/mol. The van der Waals surface area contributed by atoms with E-state index in [1.54, 1.807) is 7.05 Å². The van der Waals surface area contributed by atoms with Crippen LogP contribution < -0.4 is 11.1 Å². The van der Waals surface area contributed by atoms with Gasteiger partial charge in [0.1, 0.15) is 5.65 Å². The van der Waals surface area contributed by atoms with Crippen molar-refractivity contribution in [1.82, 2.24) is 19.6 Å². The highest BCUT2D eigenvalue weighted by Crippen LogP contribution is 2.19. The molecule has 1 amide bonds. The number of carbonyl (C=O) groups is 1. The van der Waals surface area contributed by atoms with Gasteiger partial charge in [0.15, 0.2) is 5.96 Å². The summed E-state index contributed by atoms with van der Waals surface area (Å²) in [6.45, 7) is 4.44. The Morgan fingerprint density at radius 2 is 2.32 bits per heavy atom. The van der Waals surface area contributed by atoms with E-state index >= 15 is 0 Å². The van der Waals surface area contributed by atoms with Crippen LogP contribution in [0, 0.1) is 12.8 Å². The Labute approximate surface area is 147 Å². The van der Waals surface area contributed by atoms with Gasteiger partial charge in [-0.3, -0.25) is 9.79 Å². The largest absolute Gasteiger partial charge is 0.370 e. The van der Waals surface area contributed by atoms with Crippen LogP contribution in [0.5, 0.6) is 0 Å². The Bertz CT molecular complexity index is 781. The lowest BCUT2D eigenvalue weighted by Gasteiger charge is -2.34. The van der Waals surface area contributed by atoms with Crippen molar-refractivity contribution in [3.63, 3.8) is 0 Å². The second-order valence-corrected chi connectivity index (χ2v) is 6.65. The number of piperidine rings is 1. The second kappa shape index (κ2) is 7.55. The van der Waals surface area contributed by atoms with Crippen LogP contribution in [-0.2, 0) is 11.3 Å². The molecule has 134 valence electrons. The number of carbonyl (C=O) groups excluding carboxylic acids is 1. The first-order valence-electron chi connectivity index (χ1n) is 8.74. The summed E-state index contributed by atoms with van der Waals surface area (Å²) in [5, 5.41) is 3.39. The molecule has 7 heteroatoms. The third-order valence-electron chi connectivity index (χ3n) is 4.69. The van der Waals surface area contributed by atoms with E-state index in [4.69, 9.17) is 5.73 Å². The van der Waals surface area contributed by atoms with Gasteiger partial charge in [0.2, 0.25) is 5.91 Å². The van der Waals surface area contributed by atoms with E-state index < -0.39 is 0 Å². The van der Waals surface area contributed by atoms with Crippen molar-refractivity contribution in [3.05, 3.63) is 35.8 Å². The van der Waals surface area contributed by atoms with Crippen molar-refractivity contribution in [3.8, 4) is 0 Å². The lowest BCUT2D eigenvalue weighted by Crippen LogP contribution is -2.46. The predicted molar refractivity (Wildman–Crippen MR) is 98.2 cm³/mol. The van der Waals surface area contributed by atoms with E-state index in [1.807, 2.05) is 12.1 Å². The first-order valence-corrected chi connectivity index (χ1v) is 8.74. The Morgan fingerprint density at radius 1 is 1.48 bits per heavy atom. The minimum Gasteiger partial charge on any atom is -0.370 e. The summed E-state index contributed by atoms with van der Waals surface area (Å²) in [7, 11) is 1.79. The molecule has 25 heavy (non-hydrogen) atoms. The fraction of sp³-hybridized carbons (Fsp3) is 0.500. The monoisotopic (exact) mass is 342 g/mol. The summed E-state index contributed by atoms with van der Waals surface area (Å²) >= 11 is 0. The number of aliphatic imine (C=N–C) groups is 1. The number of aryl methyl sites for hydroxylation is 1. The van der Waals surface area contributed by atoms with Crippen molar-refractivity contribution in [2.45, 2.75) is 32.7 Å². The number of nitrogens with two attached hydrogens (primary N) is 1. The lowest BCUT2D eigenvalue weighted by atomic mass is 9.95.